The average Bonchev–Trinajstić information content (AvgIpc) is 2.43. The molecular weight excluding hydrogens is 443 g/mol. The zero-order valence-corrected chi connectivity index (χ0v) is 14.6. The summed E-state index contributed by atoms with van der Waals surface area (Å²) in [6, 6.07) is 7.47. The normalized spacial score (nSPS) is 11.3. The molecule has 1 amide bonds. The lowest BCUT2D eigenvalue weighted by molar-refractivity contribution is -0.137. The second-order valence-electron chi connectivity index (χ2n) is 4.66. The Morgan fingerprint density at radius 1 is 1.13 bits per heavy atom. The molecule has 0 aliphatic carbocycles. The van der Waals surface area contributed by atoms with E-state index >= 15 is 0 Å². The number of rotatable bonds is 3. The molecule has 0 aromatic heterocycles. The highest BCUT2D eigenvalue weighted by Crippen LogP contribution is 2.31. The minimum absolute atomic E-state index is 0.0406. The largest absolute Gasteiger partial charge is 0.507 e. The van der Waals surface area contributed by atoms with Crippen molar-refractivity contribution in [2.24, 2.45) is 0 Å². The summed E-state index contributed by atoms with van der Waals surface area (Å²) in [6.07, 6.45) is -4.39. The Hall–Kier alpha value is -1.54. The van der Waals surface area contributed by atoms with E-state index in [1.807, 2.05) is 0 Å². The summed E-state index contributed by atoms with van der Waals surface area (Å²) in [5.41, 5.74) is -0.180. The van der Waals surface area contributed by atoms with Gasteiger partial charge in [-0.25, -0.2) is 0 Å². The van der Waals surface area contributed by atoms with Crippen LogP contribution in [0.2, 0.25) is 0 Å². The van der Waals surface area contributed by atoms with Gasteiger partial charge in [0.05, 0.1) is 11.1 Å². The molecule has 0 unspecified atom stereocenters. The summed E-state index contributed by atoms with van der Waals surface area (Å²) < 4.78 is 38.4. The fourth-order valence-electron chi connectivity index (χ4n) is 1.87. The van der Waals surface area contributed by atoms with Gasteiger partial charge in [0.2, 0.25) is 0 Å². The fraction of sp³-hybridized carbons (Fsp3) is 0.133. The first-order chi connectivity index (χ1) is 10.7. The minimum atomic E-state index is -4.39. The summed E-state index contributed by atoms with van der Waals surface area (Å²) in [5.74, 6) is -0.752. The number of aromatic hydroxyl groups is 1. The molecule has 2 rings (SSSR count). The van der Waals surface area contributed by atoms with Crippen molar-refractivity contribution in [3.8, 4) is 5.75 Å². The van der Waals surface area contributed by atoms with Crippen molar-refractivity contribution in [3.05, 3.63) is 62.0 Å². The lowest BCUT2D eigenvalue weighted by Gasteiger charge is -2.10. The van der Waals surface area contributed by atoms with Crippen molar-refractivity contribution in [3.63, 3.8) is 0 Å². The maximum Gasteiger partial charge on any atom is 0.416 e. The monoisotopic (exact) mass is 451 g/mol. The van der Waals surface area contributed by atoms with Crippen molar-refractivity contribution < 1.29 is 23.1 Å². The van der Waals surface area contributed by atoms with E-state index in [2.05, 4.69) is 37.2 Å². The van der Waals surface area contributed by atoms with Crippen LogP contribution in [-0.4, -0.2) is 11.0 Å². The van der Waals surface area contributed by atoms with E-state index in [-0.39, 0.29) is 17.9 Å². The number of nitrogens with one attached hydrogen (secondary N) is 1. The third-order valence-electron chi connectivity index (χ3n) is 3.00. The van der Waals surface area contributed by atoms with Crippen LogP contribution in [0.3, 0.4) is 0 Å². The van der Waals surface area contributed by atoms with E-state index in [0.717, 1.165) is 12.1 Å². The van der Waals surface area contributed by atoms with E-state index in [4.69, 9.17) is 0 Å². The molecule has 0 heterocycles. The van der Waals surface area contributed by atoms with Gasteiger partial charge in [-0.2, -0.15) is 13.2 Å². The molecule has 0 fully saturated rings. The molecule has 2 N–H and O–H groups in total. The van der Waals surface area contributed by atoms with Crippen LogP contribution < -0.4 is 5.32 Å². The molecule has 2 aromatic rings. The van der Waals surface area contributed by atoms with Crippen molar-refractivity contribution in [1.29, 1.82) is 0 Å². The molecule has 0 spiro atoms. The highest BCUT2D eigenvalue weighted by atomic mass is 79.9. The number of alkyl halides is 3. The van der Waals surface area contributed by atoms with Gasteiger partial charge in [0.15, 0.2) is 0 Å². The highest BCUT2D eigenvalue weighted by Gasteiger charge is 2.29. The van der Waals surface area contributed by atoms with Gasteiger partial charge in [-0.3, -0.25) is 4.79 Å². The number of hydrogen-bond acceptors (Lipinski definition) is 2. The number of hydrogen-bond donors (Lipinski definition) is 2. The lowest BCUT2D eigenvalue weighted by atomic mass is 10.1. The molecule has 0 radical (unpaired) electrons. The predicted octanol–water partition coefficient (Wildman–Crippen LogP) is 4.87. The van der Waals surface area contributed by atoms with Crippen molar-refractivity contribution in [2.75, 3.05) is 0 Å². The number of halogens is 5. The zero-order valence-electron chi connectivity index (χ0n) is 11.4. The average molecular weight is 453 g/mol. The fourth-order valence-corrected chi connectivity index (χ4v) is 3.25. The first-order valence-corrected chi connectivity index (χ1v) is 7.89. The first kappa shape index (κ1) is 17.8. The number of phenolic OH excluding ortho intramolecular Hbond substituents is 1. The van der Waals surface area contributed by atoms with Crippen LogP contribution in [0.15, 0.2) is 45.3 Å². The van der Waals surface area contributed by atoms with Crippen LogP contribution in [0.1, 0.15) is 21.5 Å². The molecule has 0 aliphatic heterocycles. The summed E-state index contributed by atoms with van der Waals surface area (Å²) in [5, 5.41) is 12.4. The number of amides is 1. The first-order valence-electron chi connectivity index (χ1n) is 6.31. The van der Waals surface area contributed by atoms with Gasteiger partial charge >= 0.3 is 6.18 Å². The van der Waals surface area contributed by atoms with Crippen LogP contribution in [-0.2, 0) is 12.7 Å². The molecule has 3 nitrogen and oxygen atoms in total. The topological polar surface area (TPSA) is 49.3 Å². The van der Waals surface area contributed by atoms with E-state index < -0.39 is 17.6 Å². The highest BCUT2D eigenvalue weighted by molar-refractivity contribution is 9.11. The molecule has 0 saturated carbocycles. The Labute approximate surface area is 146 Å². The summed E-state index contributed by atoms with van der Waals surface area (Å²) >= 11 is 6.36. The van der Waals surface area contributed by atoms with Gasteiger partial charge in [0, 0.05) is 15.5 Å². The van der Waals surface area contributed by atoms with Gasteiger partial charge in [0.25, 0.3) is 5.91 Å². The second kappa shape index (κ2) is 6.92. The van der Waals surface area contributed by atoms with Crippen molar-refractivity contribution in [2.45, 2.75) is 12.7 Å². The second-order valence-corrected chi connectivity index (χ2v) is 6.43. The van der Waals surface area contributed by atoms with Gasteiger partial charge in [-0.15, -0.1) is 0 Å². The molecule has 0 saturated heterocycles. The molecule has 2 aromatic carbocycles. The van der Waals surface area contributed by atoms with Crippen LogP contribution in [0.4, 0.5) is 13.2 Å². The maximum absolute atomic E-state index is 12.5. The van der Waals surface area contributed by atoms with Gasteiger partial charge in [-0.05, 0) is 45.8 Å². The molecule has 23 heavy (non-hydrogen) atoms. The standard InChI is InChI=1S/C15H10Br2F3NO2/c16-10-5-11(17)13(12(22)6-10)14(23)21-7-8-1-3-9(4-2-8)15(18,19)20/h1-6,22H,7H2,(H,21,23). The maximum atomic E-state index is 12.5. The minimum Gasteiger partial charge on any atom is -0.507 e. The third kappa shape index (κ3) is 4.48. The molecule has 0 aliphatic rings. The summed E-state index contributed by atoms with van der Waals surface area (Å²) in [7, 11) is 0. The number of carbonyl (C=O) groups is 1. The molecule has 0 atom stereocenters. The van der Waals surface area contributed by atoms with Gasteiger partial charge < -0.3 is 10.4 Å². The Bertz CT molecular complexity index is 707. The van der Waals surface area contributed by atoms with Crippen LogP contribution in [0, 0.1) is 0 Å². The van der Waals surface area contributed by atoms with Crippen LogP contribution in [0.5, 0.6) is 5.75 Å². The van der Waals surface area contributed by atoms with E-state index in [0.29, 0.717) is 14.5 Å². The number of carbonyl (C=O) groups excluding carboxylic acids is 1. The molecular formula is C15H10Br2F3NO2. The molecule has 0 bridgehead atoms. The summed E-state index contributed by atoms with van der Waals surface area (Å²) in [6.45, 7) is 0.0406. The Morgan fingerprint density at radius 3 is 2.26 bits per heavy atom. The van der Waals surface area contributed by atoms with E-state index in [9.17, 15) is 23.1 Å². The van der Waals surface area contributed by atoms with Crippen LogP contribution >= 0.6 is 31.9 Å². The Morgan fingerprint density at radius 2 is 1.74 bits per heavy atom. The van der Waals surface area contributed by atoms with Crippen LogP contribution in [0.25, 0.3) is 0 Å². The van der Waals surface area contributed by atoms with Crippen molar-refractivity contribution in [1.82, 2.24) is 5.32 Å². The van der Waals surface area contributed by atoms with Crippen molar-refractivity contribution >= 4 is 37.8 Å². The SMILES string of the molecule is O=C(NCc1ccc(C(F)(F)F)cc1)c1c(O)cc(Br)cc1Br. The van der Waals surface area contributed by atoms with Gasteiger partial charge in [0.1, 0.15) is 5.75 Å². The third-order valence-corrected chi connectivity index (χ3v) is 4.08. The number of benzene rings is 2. The Balaban J connectivity index is 2.08. The molecule has 8 heteroatoms. The number of phenols is 1. The lowest BCUT2D eigenvalue weighted by Crippen LogP contribution is -2.23. The smallest absolute Gasteiger partial charge is 0.416 e. The zero-order chi connectivity index (χ0) is 17.2. The Kier molecular flexibility index (Phi) is 5.36. The predicted molar refractivity (Wildman–Crippen MR) is 86.1 cm³/mol. The van der Waals surface area contributed by atoms with E-state index in [1.54, 1.807) is 6.07 Å². The van der Waals surface area contributed by atoms with Gasteiger partial charge in [-0.1, -0.05) is 28.1 Å². The van der Waals surface area contributed by atoms with E-state index in [1.165, 1.54) is 18.2 Å². The quantitative estimate of drug-likeness (QED) is 0.698. The summed E-state index contributed by atoms with van der Waals surface area (Å²) in [4.78, 5) is 12.1. The molecule has 122 valence electrons.